The number of fused-ring (bicyclic) bond motifs is 1. The summed E-state index contributed by atoms with van der Waals surface area (Å²) >= 11 is 3.41. The molecule has 2 rings (SSSR count). The van der Waals surface area contributed by atoms with E-state index in [9.17, 15) is 4.79 Å². The van der Waals surface area contributed by atoms with Gasteiger partial charge in [-0.25, -0.2) is 0 Å². The minimum absolute atomic E-state index is 0.127. The zero-order chi connectivity index (χ0) is 11.0. The third kappa shape index (κ3) is 1.77. The molecule has 3 nitrogen and oxygen atoms in total. The van der Waals surface area contributed by atoms with Gasteiger partial charge in [-0.05, 0) is 18.2 Å². The van der Waals surface area contributed by atoms with Crippen LogP contribution in [0.15, 0.2) is 33.2 Å². The molecule has 1 aromatic carbocycles. The van der Waals surface area contributed by atoms with E-state index < -0.39 is 0 Å². The van der Waals surface area contributed by atoms with Crippen LogP contribution in [0.3, 0.4) is 0 Å². The predicted octanol–water partition coefficient (Wildman–Crippen LogP) is 2.90. The summed E-state index contributed by atoms with van der Waals surface area (Å²) in [6.07, 6.45) is 0. The second kappa shape index (κ2) is 3.70. The zero-order valence-electron chi connectivity index (χ0n) is 8.45. The van der Waals surface area contributed by atoms with Crippen molar-refractivity contribution in [1.82, 2.24) is 4.90 Å². The number of hydrogen-bond acceptors (Lipinski definition) is 2. The lowest BCUT2D eigenvalue weighted by Gasteiger charge is -2.06. The van der Waals surface area contributed by atoms with Gasteiger partial charge in [-0.2, -0.15) is 0 Å². The Balaban J connectivity index is 2.57. The Kier molecular flexibility index (Phi) is 2.52. The van der Waals surface area contributed by atoms with Gasteiger partial charge in [0.2, 0.25) is 0 Å². The predicted molar refractivity (Wildman–Crippen MR) is 61.9 cm³/mol. The number of rotatable bonds is 1. The Labute approximate surface area is 95.8 Å². The Hall–Kier alpha value is -1.29. The molecule has 0 saturated carbocycles. The van der Waals surface area contributed by atoms with Crippen molar-refractivity contribution >= 4 is 32.8 Å². The number of amides is 1. The quantitative estimate of drug-likeness (QED) is 0.796. The maximum Gasteiger partial charge on any atom is 0.289 e. The minimum Gasteiger partial charge on any atom is -0.451 e. The van der Waals surface area contributed by atoms with Gasteiger partial charge in [0.25, 0.3) is 5.91 Å². The first-order chi connectivity index (χ1) is 7.09. The molecule has 1 aromatic heterocycles. The van der Waals surface area contributed by atoms with Crippen LogP contribution >= 0.6 is 15.9 Å². The van der Waals surface area contributed by atoms with Crippen molar-refractivity contribution < 1.29 is 9.21 Å². The third-order valence-electron chi connectivity index (χ3n) is 2.13. The summed E-state index contributed by atoms with van der Waals surface area (Å²) in [7, 11) is 3.40. The molecule has 0 atom stereocenters. The van der Waals surface area contributed by atoms with Crippen LogP contribution in [0.1, 0.15) is 10.6 Å². The summed E-state index contributed by atoms with van der Waals surface area (Å²) in [5, 5.41) is 0.919. The lowest BCUT2D eigenvalue weighted by Crippen LogP contribution is -2.20. The highest BCUT2D eigenvalue weighted by atomic mass is 79.9. The average Bonchev–Trinajstić information content (AvgIpc) is 2.61. The maximum atomic E-state index is 11.6. The smallest absolute Gasteiger partial charge is 0.289 e. The van der Waals surface area contributed by atoms with Gasteiger partial charge in [0.05, 0.1) is 0 Å². The molecule has 0 aliphatic carbocycles. The van der Waals surface area contributed by atoms with Crippen molar-refractivity contribution in [3.05, 3.63) is 34.5 Å². The van der Waals surface area contributed by atoms with Crippen molar-refractivity contribution in [2.24, 2.45) is 0 Å². The van der Waals surface area contributed by atoms with Crippen LogP contribution in [-0.4, -0.2) is 24.9 Å². The lowest BCUT2D eigenvalue weighted by molar-refractivity contribution is 0.0799. The first-order valence-electron chi connectivity index (χ1n) is 4.49. The van der Waals surface area contributed by atoms with E-state index >= 15 is 0 Å². The number of furan rings is 1. The molecule has 0 bridgehead atoms. The van der Waals surface area contributed by atoms with E-state index in [0.29, 0.717) is 5.76 Å². The molecule has 0 radical (unpaired) electrons. The molecule has 4 heteroatoms. The van der Waals surface area contributed by atoms with Gasteiger partial charge in [0, 0.05) is 24.0 Å². The summed E-state index contributed by atoms with van der Waals surface area (Å²) in [4.78, 5) is 13.1. The minimum atomic E-state index is -0.127. The number of carbonyl (C=O) groups is 1. The Morgan fingerprint density at radius 1 is 1.40 bits per heavy atom. The fraction of sp³-hybridized carbons (Fsp3) is 0.182. The first-order valence-corrected chi connectivity index (χ1v) is 5.28. The van der Waals surface area contributed by atoms with E-state index in [0.717, 1.165) is 15.4 Å². The molecular weight excluding hydrogens is 258 g/mol. The molecule has 0 aliphatic heterocycles. The standard InChI is InChI=1S/C11H10BrNO2/c1-13(2)11(14)10-6-7-8(12)4-3-5-9(7)15-10/h3-6H,1-2H3. The molecule has 15 heavy (non-hydrogen) atoms. The van der Waals surface area contributed by atoms with Crippen molar-refractivity contribution in [3.8, 4) is 0 Å². The highest BCUT2D eigenvalue weighted by Crippen LogP contribution is 2.27. The topological polar surface area (TPSA) is 33.5 Å². The molecule has 0 unspecified atom stereocenters. The van der Waals surface area contributed by atoms with Gasteiger partial charge in [-0.1, -0.05) is 22.0 Å². The first kappa shape index (κ1) is 10.2. The molecule has 0 saturated heterocycles. The summed E-state index contributed by atoms with van der Waals surface area (Å²) in [5.41, 5.74) is 0.717. The SMILES string of the molecule is CN(C)C(=O)c1cc2c(Br)cccc2o1. The van der Waals surface area contributed by atoms with Gasteiger partial charge >= 0.3 is 0 Å². The van der Waals surface area contributed by atoms with Gasteiger partial charge in [-0.15, -0.1) is 0 Å². The fourth-order valence-corrected chi connectivity index (χ4v) is 1.81. The normalized spacial score (nSPS) is 10.6. The van der Waals surface area contributed by atoms with Crippen LogP contribution in [0.25, 0.3) is 11.0 Å². The number of benzene rings is 1. The highest BCUT2D eigenvalue weighted by Gasteiger charge is 2.14. The Morgan fingerprint density at radius 3 is 2.73 bits per heavy atom. The van der Waals surface area contributed by atoms with Crippen molar-refractivity contribution in [1.29, 1.82) is 0 Å². The van der Waals surface area contributed by atoms with Crippen LogP contribution in [0.2, 0.25) is 0 Å². The summed E-state index contributed by atoms with van der Waals surface area (Å²) in [6, 6.07) is 7.38. The van der Waals surface area contributed by atoms with E-state index in [-0.39, 0.29) is 5.91 Å². The van der Waals surface area contributed by atoms with Crippen molar-refractivity contribution in [2.75, 3.05) is 14.1 Å². The number of carbonyl (C=O) groups excluding carboxylic acids is 1. The number of hydrogen-bond donors (Lipinski definition) is 0. The second-order valence-corrected chi connectivity index (χ2v) is 4.32. The van der Waals surface area contributed by atoms with Gasteiger partial charge < -0.3 is 9.32 Å². The van der Waals surface area contributed by atoms with Crippen LogP contribution in [0.5, 0.6) is 0 Å². The van der Waals surface area contributed by atoms with Crippen LogP contribution in [-0.2, 0) is 0 Å². The van der Waals surface area contributed by atoms with Crippen LogP contribution < -0.4 is 0 Å². The van der Waals surface area contributed by atoms with Gasteiger partial charge in [0.1, 0.15) is 5.58 Å². The van der Waals surface area contributed by atoms with Crippen molar-refractivity contribution in [3.63, 3.8) is 0 Å². The monoisotopic (exact) mass is 267 g/mol. The fourth-order valence-electron chi connectivity index (χ4n) is 1.35. The van der Waals surface area contributed by atoms with E-state index in [2.05, 4.69) is 15.9 Å². The van der Waals surface area contributed by atoms with Crippen LogP contribution in [0, 0.1) is 0 Å². The third-order valence-corrected chi connectivity index (χ3v) is 2.82. The lowest BCUT2D eigenvalue weighted by atomic mass is 10.2. The molecule has 2 aromatic rings. The van der Waals surface area contributed by atoms with Crippen molar-refractivity contribution in [2.45, 2.75) is 0 Å². The molecule has 1 amide bonds. The summed E-state index contributed by atoms with van der Waals surface area (Å²) in [6.45, 7) is 0. The van der Waals surface area contributed by atoms with E-state index in [1.54, 1.807) is 20.2 Å². The molecule has 0 spiro atoms. The molecule has 78 valence electrons. The second-order valence-electron chi connectivity index (χ2n) is 3.46. The Bertz CT molecular complexity index is 516. The molecule has 0 aliphatic rings. The van der Waals surface area contributed by atoms with E-state index in [1.807, 2.05) is 18.2 Å². The largest absolute Gasteiger partial charge is 0.451 e. The molecule has 0 N–H and O–H groups in total. The molecule has 0 fully saturated rings. The van der Waals surface area contributed by atoms with Gasteiger partial charge in [-0.3, -0.25) is 4.79 Å². The van der Waals surface area contributed by atoms with E-state index in [4.69, 9.17) is 4.42 Å². The number of nitrogens with zero attached hydrogens (tertiary/aromatic N) is 1. The zero-order valence-corrected chi connectivity index (χ0v) is 10.0. The van der Waals surface area contributed by atoms with Gasteiger partial charge in [0.15, 0.2) is 5.76 Å². The van der Waals surface area contributed by atoms with E-state index in [1.165, 1.54) is 4.90 Å². The number of halogens is 1. The highest BCUT2D eigenvalue weighted by molar-refractivity contribution is 9.10. The maximum absolute atomic E-state index is 11.6. The molecular formula is C11H10BrNO2. The summed E-state index contributed by atoms with van der Waals surface area (Å²) in [5.74, 6) is 0.236. The van der Waals surface area contributed by atoms with Crippen LogP contribution in [0.4, 0.5) is 0 Å². The average molecular weight is 268 g/mol. The molecule has 1 heterocycles. The Morgan fingerprint density at radius 2 is 2.13 bits per heavy atom. The summed E-state index contributed by atoms with van der Waals surface area (Å²) < 4.78 is 6.38.